The molecule has 0 aliphatic carbocycles. The molecule has 29 heavy (non-hydrogen) atoms. The molecule has 2 nitrogen and oxygen atoms in total. The van der Waals surface area contributed by atoms with Crippen LogP contribution in [-0.2, 0) is 9.31 Å². The van der Waals surface area contributed by atoms with E-state index in [-0.39, 0.29) is 18.3 Å². The maximum atomic E-state index is 6.29. The Kier molecular flexibility index (Phi) is 4.09. The average Bonchev–Trinajstić information content (AvgIpc) is 2.94. The lowest BCUT2D eigenvalue weighted by atomic mass is 9.77. The van der Waals surface area contributed by atoms with Gasteiger partial charge in [0.05, 0.1) is 11.2 Å². The standard InChI is InChI=1S/C26H25BO2/c1-25(2)26(3,4)29-27(28-25)20-16-15-19-11-8-14-23(24(19)17-20)22-13-7-10-18-9-5-6-12-21(18)22/h5-17H,1-4H3. The van der Waals surface area contributed by atoms with Gasteiger partial charge in [0.25, 0.3) is 0 Å². The summed E-state index contributed by atoms with van der Waals surface area (Å²) in [6.07, 6.45) is 0. The van der Waals surface area contributed by atoms with Gasteiger partial charge in [-0.1, -0.05) is 78.9 Å². The molecule has 0 unspecified atom stereocenters. The molecule has 1 aliphatic rings. The normalized spacial score (nSPS) is 17.9. The third-order valence-corrected chi connectivity index (χ3v) is 6.51. The van der Waals surface area contributed by atoms with Gasteiger partial charge in [0, 0.05) is 0 Å². The number of fused-ring (bicyclic) bond motifs is 2. The van der Waals surface area contributed by atoms with Crippen LogP contribution >= 0.6 is 0 Å². The van der Waals surface area contributed by atoms with Gasteiger partial charge >= 0.3 is 7.12 Å². The highest BCUT2D eigenvalue weighted by Crippen LogP contribution is 2.37. The molecule has 3 heteroatoms. The van der Waals surface area contributed by atoms with E-state index in [4.69, 9.17) is 9.31 Å². The van der Waals surface area contributed by atoms with E-state index < -0.39 is 0 Å². The topological polar surface area (TPSA) is 18.5 Å². The summed E-state index contributed by atoms with van der Waals surface area (Å²) < 4.78 is 12.6. The molecule has 5 rings (SSSR count). The molecule has 1 aliphatic heterocycles. The molecular weight excluding hydrogens is 355 g/mol. The largest absolute Gasteiger partial charge is 0.494 e. The zero-order valence-corrected chi connectivity index (χ0v) is 17.4. The Hall–Kier alpha value is -2.62. The van der Waals surface area contributed by atoms with E-state index in [0.717, 1.165) is 5.46 Å². The zero-order chi connectivity index (χ0) is 20.2. The van der Waals surface area contributed by atoms with Crippen molar-refractivity contribution in [2.45, 2.75) is 38.9 Å². The Morgan fingerprint density at radius 2 is 1.14 bits per heavy atom. The summed E-state index contributed by atoms with van der Waals surface area (Å²) in [6, 6.07) is 28.1. The van der Waals surface area contributed by atoms with Gasteiger partial charge in [0.15, 0.2) is 0 Å². The average molecular weight is 380 g/mol. The van der Waals surface area contributed by atoms with Crippen molar-refractivity contribution in [3.8, 4) is 11.1 Å². The lowest BCUT2D eigenvalue weighted by Gasteiger charge is -2.32. The summed E-state index contributed by atoms with van der Waals surface area (Å²) in [7, 11) is -0.357. The maximum absolute atomic E-state index is 6.29. The molecule has 144 valence electrons. The van der Waals surface area contributed by atoms with Crippen LogP contribution in [-0.4, -0.2) is 18.3 Å². The predicted molar refractivity (Wildman–Crippen MR) is 123 cm³/mol. The highest BCUT2D eigenvalue weighted by Gasteiger charge is 2.51. The fraction of sp³-hybridized carbons (Fsp3) is 0.231. The van der Waals surface area contributed by atoms with Gasteiger partial charge in [0.2, 0.25) is 0 Å². The smallest absolute Gasteiger partial charge is 0.399 e. The third-order valence-electron chi connectivity index (χ3n) is 6.51. The van der Waals surface area contributed by atoms with Crippen LogP contribution in [0, 0.1) is 0 Å². The predicted octanol–water partition coefficient (Wildman–Crippen LogP) is 5.96. The number of benzene rings is 4. The van der Waals surface area contributed by atoms with Crippen LogP contribution in [0.3, 0.4) is 0 Å². The van der Waals surface area contributed by atoms with Crippen LogP contribution in [0.1, 0.15) is 27.7 Å². The van der Waals surface area contributed by atoms with Crippen LogP contribution in [0.15, 0.2) is 78.9 Å². The lowest BCUT2D eigenvalue weighted by molar-refractivity contribution is 0.00578. The van der Waals surface area contributed by atoms with Gasteiger partial charge in [-0.2, -0.15) is 0 Å². The van der Waals surface area contributed by atoms with Crippen molar-refractivity contribution >= 4 is 34.1 Å². The van der Waals surface area contributed by atoms with E-state index >= 15 is 0 Å². The molecule has 0 bridgehead atoms. The zero-order valence-electron chi connectivity index (χ0n) is 17.4. The first kappa shape index (κ1) is 18.4. The molecule has 1 fully saturated rings. The molecule has 4 aromatic carbocycles. The van der Waals surface area contributed by atoms with E-state index in [1.807, 2.05) is 0 Å². The van der Waals surface area contributed by atoms with Crippen molar-refractivity contribution in [2.75, 3.05) is 0 Å². The number of rotatable bonds is 2. The SMILES string of the molecule is CC1(C)OB(c2ccc3cccc(-c4cccc5ccccc45)c3c2)OC1(C)C. The summed E-state index contributed by atoms with van der Waals surface area (Å²) in [5, 5.41) is 4.96. The molecule has 0 amide bonds. The van der Waals surface area contributed by atoms with Crippen molar-refractivity contribution in [1.82, 2.24) is 0 Å². The van der Waals surface area contributed by atoms with E-state index in [1.165, 1.54) is 32.7 Å². The van der Waals surface area contributed by atoms with Crippen LogP contribution < -0.4 is 5.46 Å². The molecule has 4 aromatic rings. The summed E-state index contributed by atoms with van der Waals surface area (Å²) in [5.74, 6) is 0. The van der Waals surface area contributed by atoms with Crippen molar-refractivity contribution in [2.24, 2.45) is 0 Å². The molecule has 0 spiro atoms. The fourth-order valence-electron chi connectivity index (χ4n) is 4.11. The minimum atomic E-state index is -0.357. The molecule has 0 atom stereocenters. The number of hydrogen-bond acceptors (Lipinski definition) is 2. The summed E-state index contributed by atoms with van der Waals surface area (Å²) in [6.45, 7) is 8.37. The van der Waals surface area contributed by atoms with Gasteiger partial charge in [-0.3, -0.25) is 0 Å². The molecule has 1 heterocycles. The van der Waals surface area contributed by atoms with Gasteiger partial charge in [0.1, 0.15) is 0 Å². The molecule has 0 N–H and O–H groups in total. The van der Waals surface area contributed by atoms with Crippen molar-refractivity contribution in [1.29, 1.82) is 0 Å². The minimum Gasteiger partial charge on any atom is -0.399 e. The van der Waals surface area contributed by atoms with Crippen LogP contribution in [0.2, 0.25) is 0 Å². The molecule has 0 aromatic heterocycles. The van der Waals surface area contributed by atoms with E-state index in [9.17, 15) is 0 Å². The fourth-order valence-corrected chi connectivity index (χ4v) is 4.11. The second-order valence-corrected chi connectivity index (χ2v) is 8.90. The van der Waals surface area contributed by atoms with Gasteiger partial charge in [-0.15, -0.1) is 0 Å². The summed E-state index contributed by atoms with van der Waals surface area (Å²) in [4.78, 5) is 0. The van der Waals surface area contributed by atoms with Crippen LogP contribution in [0.4, 0.5) is 0 Å². The minimum absolute atomic E-state index is 0.345. The molecule has 0 radical (unpaired) electrons. The second kappa shape index (κ2) is 6.45. The van der Waals surface area contributed by atoms with Crippen molar-refractivity contribution < 1.29 is 9.31 Å². The van der Waals surface area contributed by atoms with Gasteiger partial charge in [-0.25, -0.2) is 0 Å². The Balaban J connectivity index is 1.68. The highest BCUT2D eigenvalue weighted by atomic mass is 16.7. The first-order valence-electron chi connectivity index (χ1n) is 10.2. The Morgan fingerprint density at radius 3 is 1.83 bits per heavy atom. The van der Waals surface area contributed by atoms with E-state index in [1.54, 1.807) is 0 Å². The van der Waals surface area contributed by atoms with Crippen LogP contribution in [0.5, 0.6) is 0 Å². The van der Waals surface area contributed by atoms with Gasteiger partial charge in [-0.05, 0) is 65.8 Å². The maximum Gasteiger partial charge on any atom is 0.494 e. The van der Waals surface area contributed by atoms with E-state index in [2.05, 4.69) is 107 Å². The van der Waals surface area contributed by atoms with E-state index in [0.29, 0.717) is 0 Å². The first-order valence-corrected chi connectivity index (χ1v) is 10.2. The number of hydrogen-bond donors (Lipinski definition) is 0. The van der Waals surface area contributed by atoms with Crippen molar-refractivity contribution in [3.63, 3.8) is 0 Å². The molecule has 1 saturated heterocycles. The quantitative estimate of drug-likeness (QED) is 0.400. The summed E-state index contributed by atoms with van der Waals surface area (Å²) in [5.41, 5.74) is 2.85. The summed E-state index contributed by atoms with van der Waals surface area (Å²) >= 11 is 0. The molecule has 0 saturated carbocycles. The highest BCUT2D eigenvalue weighted by molar-refractivity contribution is 6.62. The second-order valence-electron chi connectivity index (χ2n) is 8.90. The Morgan fingerprint density at radius 1 is 0.586 bits per heavy atom. The Bertz CT molecular complexity index is 1200. The van der Waals surface area contributed by atoms with Gasteiger partial charge < -0.3 is 9.31 Å². The third kappa shape index (κ3) is 2.97. The molecular formula is C26H25BO2. The Labute approximate surface area is 172 Å². The first-order chi connectivity index (χ1) is 13.9. The van der Waals surface area contributed by atoms with Crippen molar-refractivity contribution in [3.05, 3.63) is 78.9 Å². The lowest BCUT2D eigenvalue weighted by Crippen LogP contribution is -2.41. The van der Waals surface area contributed by atoms with Crippen LogP contribution in [0.25, 0.3) is 32.7 Å². The monoisotopic (exact) mass is 380 g/mol.